The molecule has 0 bridgehead atoms. The van der Waals surface area contributed by atoms with Crippen molar-refractivity contribution in [2.45, 2.75) is 84.0 Å². The van der Waals surface area contributed by atoms with Crippen molar-refractivity contribution in [2.75, 3.05) is 0 Å². The second-order valence-corrected chi connectivity index (χ2v) is 5.00. The van der Waals surface area contributed by atoms with Crippen LogP contribution in [-0.4, -0.2) is 5.97 Å². The van der Waals surface area contributed by atoms with Gasteiger partial charge in [0.2, 0.25) is 0 Å². The number of carboxylic acids is 1. The number of hydrogen-bond acceptors (Lipinski definition) is 2. The van der Waals surface area contributed by atoms with Gasteiger partial charge in [-0.1, -0.05) is 64.0 Å². The number of rotatable bonds is 13. The van der Waals surface area contributed by atoms with Crippen molar-refractivity contribution in [2.24, 2.45) is 0 Å². The second-order valence-electron chi connectivity index (χ2n) is 5.00. The molecule has 0 N–H and O–H groups in total. The lowest BCUT2D eigenvalue weighted by molar-refractivity contribution is -0.305. The van der Waals surface area contributed by atoms with Crippen LogP contribution in [0.1, 0.15) is 84.0 Å². The van der Waals surface area contributed by atoms with E-state index in [4.69, 9.17) is 0 Å². The molecule has 2 nitrogen and oxygen atoms in total. The Hall–Kier alpha value is -0.790. The molecule has 0 aromatic rings. The van der Waals surface area contributed by atoms with Crippen LogP contribution in [0.4, 0.5) is 0 Å². The summed E-state index contributed by atoms with van der Waals surface area (Å²) in [4.78, 5) is 10.2. The van der Waals surface area contributed by atoms with Crippen molar-refractivity contribution < 1.29 is 9.90 Å². The maximum Gasteiger partial charge on any atom is 0.0414 e. The van der Waals surface area contributed by atoms with Crippen molar-refractivity contribution in [3.8, 4) is 0 Å². The first kappa shape index (κ1) is 17.2. The summed E-state index contributed by atoms with van der Waals surface area (Å²) >= 11 is 0. The summed E-state index contributed by atoms with van der Waals surface area (Å²) < 4.78 is 0. The van der Waals surface area contributed by atoms with Gasteiger partial charge in [-0.25, -0.2) is 0 Å². The number of carboxylic acid groups (broad SMARTS) is 1. The van der Waals surface area contributed by atoms with Gasteiger partial charge in [0.05, 0.1) is 0 Å². The van der Waals surface area contributed by atoms with Crippen molar-refractivity contribution in [3.05, 3.63) is 12.2 Å². The van der Waals surface area contributed by atoms with Crippen molar-refractivity contribution >= 4 is 5.97 Å². The van der Waals surface area contributed by atoms with Gasteiger partial charge in [0.1, 0.15) is 0 Å². The molecule has 2 heteroatoms. The minimum atomic E-state index is -0.911. The van der Waals surface area contributed by atoms with Gasteiger partial charge in [0.15, 0.2) is 0 Å². The monoisotopic (exact) mass is 253 g/mol. The number of carbonyl (C=O) groups excluding carboxylic acids is 1. The molecule has 0 aliphatic rings. The average molecular weight is 253 g/mol. The third-order valence-electron chi connectivity index (χ3n) is 3.12. The predicted molar refractivity (Wildman–Crippen MR) is 75.2 cm³/mol. The highest BCUT2D eigenvalue weighted by molar-refractivity contribution is 5.63. The first-order valence-corrected chi connectivity index (χ1v) is 7.62. The third-order valence-corrected chi connectivity index (χ3v) is 3.12. The van der Waals surface area contributed by atoms with E-state index in [1.165, 1.54) is 57.8 Å². The van der Waals surface area contributed by atoms with Crippen LogP contribution in [0.25, 0.3) is 0 Å². The van der Waals surface area contributed by atoms with E-state index >= 15 is 0 Å². The van der Waals surface area contributed by atoms with Crippen molar-refractivity contribution in [1.82, 2.24) is 0 Å². The van der Waals surface area contributed by atoms with Gasteiger partial charge in [-0.2, -0.15) is 0 Å². The first-order chi connectivity index (χ1) is 8.77. The van der Waals surface area contributed by atoms with Crippen LogP contribution < -0.4 is 5.11 Å². The van der Waals surface area contributed by atoms with Crippen molar-refractivity contribution in [3.63, 3.8) is 0 Å². The smallest absolute Gasteiger partial charge is 0.0414 e. The number of unbranched alkanes of at least 4 members (excludes halogenated alkanes) is 9. The summed E-state index contributed by atoms with van der Waals surface area (Å²) in [6, 6.07) is 0. The van der Waals surface area contributed by atoms with Gasteiger partial charge in [-0.15, -0.1) is 0 Å². The average Bonchev–Trinajstić information content (AvgIpc) is 2.34. The molecule has 0 saturated carbocycles. The van der Waals surface area contributed by atoms with Gasteiger partial charge in [-0.05, 0) is 32.1 Å². The Morgan fingerprint density at radius 3 is 1.89 bits per heavy atom. The van der Waals surface area contributed by atoms with Crippen LogP contribution in [-0.2, 0) is 4.79 Å². The summed E-state index contributed by atoms with van der Waals surface area (Å²) in [5, 5.41) is 10.2. The number of allylic oxidation sites excluding steroid dienone is 2. The lowest BCUT2D eigenvalue weighted by atomic mass is 10.1. The molecule has 0 atom stereocenters. The zero-order valence-corrected chi connectivity index (χ0v) is 12.0. The van der Waals surface area contributed by atoms with Crippen LogP contribution in [0.5, 0.6) is 0 Å². The summed E-state index contributed by atoms with van der Waals surface area (Å²) in [5.41, 5.74) is 0. The lowest BCUT2D eigenvalue weighted by Gasteiger charge is -2.02. The largest absolute Gasteiger partial charge is 0.550 e. The van der Waals surface area contributed by atoms with E-state index < -0.39 is 5.97 Å². The molecule has 0 aromatic carbocycles. The molecule has 0 fully saturated rings. The molecule has 0 aliphatic carbocycles. The molecular formula is C16H29O2-. The number of aliphatic carboxylic acids is 1. The lowest BCUT2D eigenvalue weighted by Crippen LogP contribution is -2.21. The minimum absolute atomic E-state index is 0.226. The molecule has 0 saturated heterocycles. The molecule has 0 spiro atoms. The van der Waals surface area contributed by atoms with Gasteiger partial charge in [-0.3, -0.25) is 0 Å². The topological polar surface area (TPSA) is 40.1 Å². The van der Waals surface area contributed by atoms with E-state index in [-0.39, 0.29) is 6.42 Å². The zero-order chi connectivity index (χ0) is 13.5. The van der Waals surface area contributed by atoms with Crippen LogP contribution >= 0.6 is 0 Å². The Bertz CT molecular complexity index is 209. The van der Waals surface area contributed by atoms with Crippen LogP contribution in [0.2, 0.25) is 0 Å². The fraction of sp³-hybridized carbons (Fsp3) is 0.812. The Kier molecular flexibility index (Phi) is 13.6. The molecular weight excluding hydrogens is 224 g/mol. The molecule has 0 radical (unpaired) electrons. The zero-order valence-electron chi connectivity index (χ0n) is 12.0. The Morgan fingerprint density at radius 2 is 1.33 bits per heavy atom. The highest BCUT2D eigenvalue weighted by Gasteiger charge is 1.92. The first-order valence-electron chi connectivity index (χ1n) is 7.62. The van der Waals surface area contributed by atoms with Gasteiger partial charge < -0.3 is 9.90 Å². The standard InChI is InChI=1S/C16H30O2/c1-2-3-4-5-6-7-8-9-10-11-12-13-14-15-16(17)18/h4-5H,2-3,6-15H2,1H3,(H,17,18)/p-1/b5-4-. The maximum absolute atomic E-state index is 10.2. The number of carbonyl (C=O) groups is 1. The Morgan fingerprint density at radius 1 is 0.833 bits per heavy atom. The maximum atomic E-state index is 10.2. The fourth-order valence-corrected chi connectivity index (χ4v) is 1.99. The molecule has 18 heavy (non-hydrogen) atoms. The van der Waals surface area contributed by atoms with E-state index in [1.807, 2.05) is 0 Å². The predicted octanol–water partition coefficient (Wildman–Crippen LogP) is 3.99. The summed E-state index contributed by atoms with van der Waals surface area (Å²) in [5.74, 6) is -0.911. The van der Waals surface area contributed by atoms with Crippen LogP contribution in [0, 0.1) is 0 Å². The molecule has 0 rings (SSSR count). The van der Waals surface area contributed by atoms with Gasteiger partial charge in [0.25, 0.3) is 0 Å². The molecule has 0 unspecified atom stereocenters. The van der Waals surface area contributed by atoms with E-state index in [1.54, 1.807) is 0 Å². The Balaban J connectivity index is 3.01. The highest BCUT2D eigenvalue weighted by Crippen LogP contribution is 2.10. The van der Waals surface area contributed by atoms with Gasteiger partial charge in [0, 0.05) is 5.97 Å². The van der Waals surface area contributed by atoms with Crippen molar-refractivity contribution in [1.29, 1.82) is 0 Å². The third kappa shape index (κ3) is 15.2. The van der Waals surface area contributed by atoms with E-state index in [0.717, 1.165) is 12.8 Å². The normalized spacial score (nSPS) is 11.2. The van der Waals surface area contributed by atoms with Gasteiger partial charge >= 0.3 is 0 Å². The minimum Gasteiger partial charge on any atom is -0.550 e. The molecule has 0 amide bonds. The fourth-order valence-electron chi connectivity index (χ4n) is 1.99. The summed E-state index contributed by atoms with van der Waals surface area (Å²) in [7, 11) is 0. The Labute approximate surface area is 112 Å². The van der Waals surface area contributed by atoms with E-state index in [9.17, 15) is 9.90 Å². The van der Waals surface area contributed by atoms with Crippen LogP contribution in [0.3, 0.4) is 0 Å². The SMILES string of the molecule is CCC/C=C\CCCCCCCCCCC(=O)[O-]. The number of hydrogen-bond donors (Lipinski definition) is 0. The molecule has 106 valence electrons. The highest BCUT2D eigenvalue weighted by atomic mass is 16.4. The van der Waals surface area contributed by atoms with Crippen LogP contribution in [0.15, 0.2) is 12.2 Å². The molecule has 0 aliphatic heterocycles. The van der Waals surface area contributed by atoms with E-state index in [2.05, 4.69) is 19.1 Å². The second kappa shape index (κ2) is 14.3. The summed E-state index contributed by atoms with van der Waals surface area (Å²) in [6.45, 7) is 2.21. The summed E-state index contributed by atoms with van der Waals surface area (Å²) in [6.07, 6.45) is 18.0. The molecule has 0 aromatic heterocycles. The molecule has 0 heterocycles. The quantitative estimate of drug-likeness (QED) is 0.368. The van der Waals surface area contributed by atoms with E-state index in [0.29, 0.717) is 0 Å².